The summed E-state index contributed by atoms with van der Waals surface area (Å²) in [6.45, 7) is 3.26. The van der Waals surface area contributed by atoms with E-state index in [1.807, 2.05) is 17.8 Å². The van der Waals surface area contributed by atoms with Gasteiger partial charge in [-0.1, -0.05) is 19.3 Å². The van der Waals surface area contributed by atoms with Crippen molar-refractivity contribution in [2.24, 2.45) is 7.05 Å². The Morgan fingerprint density at radius 2 is 2.08 bits per heavy atom. The number of hydrogen-bond acceptors (Lipinski definition) is 4. The van der Waals surface area contributed by atoms with Gasteiger partial charge in [0.2, 0.25) is 0 Å². The number of imide groups is 1. The molecule has 1 saturated heterocycles. The molecule has 1 aliphatic carbocycles. The van der Waals surface area contributed by atoms with Crippen LogP contribution in [-0.2, 0) is 11.8 Å². The molecule has 2 fully saturated rings. The molecule has 1 atom stereocenters. The molecule has 2 N–H and O–H groups in total. The lowest BCUT2D eigenvalue weighted by molar-refractivity contribution is -0.132. The third-order valence-corrected chi connectivity index (χ3v) is 5.21. The molecule has 3 rings (SSSR count). The Bertz CT molecular complexity index is 606. The average molecular weight is 333 g/mol. The van der Waals surface area contributed by atoms with E-state index in [1.165, 1.54) is 4.90 Å². The highest BCUT2D eigenvalue weighted by molar-refractivity contribution is 6.07. The van der Waals surface area contributed by atoms with Gasteiger partial charge in [0.1, 0.15) is 11.4 Å². The fourth-order valence-electron chi connectivity index (χ4n) is 3.81. The molecule has 132 valence electrons. The molecule has 1 unspecified atom stereocenters. The molecule has 3 amide bonds. The quantitative estimate of drug-likeness (QED) is 0.614. The number of nitrogens with zero attached hydrogens (tertiary/aromatic N) is 3. The van der Waals surface area contributed by atoms with Gasteiger partial charge in [-0.05, 0) is 32.7 Å². The van der Waals surface area contributed by atoms with Gasteiger partial charge in [0.25, 0.3) is 5.91 Å². The Morgan fingerprint density at radius 1 is 1.33 bits per heavy atom. The second kappa shape index (κ2) is 6.93. The summed E-state index contributed by atoms with van der Waals surface area (Å²) in [6, 6.07) is -0.0863. The maximum absolute atomic E-state index is 12.7. The monoisotopic (exact) mass is 333 g/mol. The molecule has 0 bridgehead atoms. The second-order valence-corrected chi connectivity index (χ2v) is 6.96. The van der Waals surface area contributed by atoms with Crippen LogP contribution in [-0.4, -0.2) is 45.0 Å². The highest BCUT2D eigenvalue weighted by Gasteiger charge is 2.50. The molecule has 0 radical (unpaired) electrons. The number of nitrogens with one attached hydrogen (secondary N) is 2. The largest absolute Gasteiger partial charge is 0.337 e. The van der Waals surface area contributed by atoms with E-state index in [9.17, 15) is 9.59 Å². The first kappa shape index (κ1) is 17.0. The van der Waals surface area contributed by atoms with Gasteiger partial charge in [-0.2, -0.15) is 0 Å². The van der Waals surface area contributed by atoms with Crippen molar-refractivity contribution in [1.82, 2.24) is 25.1 Å². The van der Waals surface area contributed by atoms with Crippen LogP contribution in [0.25, 0.3) is 0 Å². The Hall–Kier alpha value is -1.89. The Morgan fingerprint density at radius 3 is 2.75 bits per heavy atom. The number of carbonyl (C=O) groups is 2. The van der Waals surface area contributed by atoms with Crippen molar-refractivity contribution in [2.45, 2.75) is 57.0 Å². The van der Waals surface area contributed by atoms with Gasteiger partial charge in [0.15, 0.2) is 0 Å². The van der Waals surface area contributed by atoms with Crippen molar-refractivity contribution in [3.05, 3.63) is 18.2 Å². The van der Waals surface area contributed by atoms with Crippen LogP contribution in [0.5, 0.6) is 0 Å². The number of aryl methyl sites for hydroxylation is 1. The smallest absolute Gasteiger partial charge is 0.325 e. The van der Waals surface area contributed by atoms with E-state index < -0.39 is 5.54 Å². The lowest BCUT2D eigenvalue weighted by atomic mass is 9.82. The first-order valence-electron chi connectivity index (χ1n) is 8.88. The zero-order valence-corrected chi connectivity index (χ0v) is 14.5. The van der Waals surface area contributed by atoms with Crippen molar-refractivity contribution >= 4 is 11.9 Å². The van der Waals surface area contributed by atoms with Crippen molar-refractivity contribution in [2.75, 3.05) is 13.1 Å². The van der Waals surface area contributed by atoms with E-state index in [-0.39, 0.29) is 18.0 Å². The number of rotatable bonds is 6. The Balaban J connectivity index is 1.47. The van der Waals surface area contributed by atoms with Gasteiger partial charge in [-0.25, -0.2) is 9.78 Å². The van der Waals surface area contributed by atoms with Crippen LogP contribution in [0.2, 0.25) is 0 Å². The maximum atomic E-state index is 12.7. The molecular weight excluding hydrogens is 306 g/mol. The minimum Gasteiger partial charge on any atom is -0.337 e. The summed E-state index contributed by atoms with van der Waals surface area (Å²) in [7, 11) is 1.97. The van der Waals surface area contributed by atoms with E-state index in [1.54, 1.807) is 6.20 Å². The Labute approximate surface area is 142 Å². The summed E-state index contributed by atoms with van der Waals surface area (Å²) < 4.78 is 1.99. The van der Waals surface area contributed by atoms with Crippen LogP contribution in [0.15, 0.2) is 12.4 Å². The summed E-state index contributed by atoms with van der Waals surface area (Å²) in [4.78, 5) is 30.6. The number of amides is 3. The minimum absolute atomic E-state index is 0.0238. The fraction of sp³-hybridized carbons (Fsp3) is 0.706. The Kier molecular flexibility index (Phi) is 4.89. The van der Waals surface area contributed by atoms with Crippen LogP contribution in [0, 0.1) is 0 Å². The van der Waals surface area contributed by atoms with Crippen LogP contribution >= 0.6 is 0 Å². The topological polar surface area (TPSA) is 79.3 Å². The van der Waals surface area contributed by atoms with E-state index in [0.29, 0.717) is 6.54 Å². The average Bonchev–Trinajstić information content (AvgIpc) is 3.09. The van der Waals surface area contributed by atoms with E-state index >= 15 is 0 Å². The predicted molar refractivity (Wildman–Crippen MR) is 90.3 cm³/mol. The summed E-state index contributed by atoms with van der Waals surface area (Å²) >= 11 is 0. The summed E-state index contributed by atoms with van der Waals surface area (Å²) in [5, 5.41) is 6.35. The molecule has 0 aromatic carbocycles. The summed E-state index contributed by atoms with van der Waals surface area (Å²) in [6.07, 6.45) is 9.19. The second-order valence-electron chi connectivity index (χ2n) is 6.96. The molecule has 1 aromatic heterocycles. The molecule has 1 aromatic rings. The molecule has 1 saturated carbocycles. The van der Waals surface area contributed by atoms with Crippen molar-refractivity contribution < 1.29 is 9.59 Å². The minimum atomic E-state index is -0.608. The van der Waals surface area contributed by atoms with E-state index in [2.05, 4.69) is 22.5 Å². The number of urea groups is 1. The first-order chi connectivity index (χ1) is 11.5. The summed E-state index contributed by atoms with van der Waals surface area (Å²) in [5.74, 6) is 0.954. The van der Waals surface area contributed by atoms with Crippen LogP contribution < -0.4 is 10.6 Å². The SMILES string of the molecule is CC(NCCCN1C(=O)NC2(CCCCC2)C1=O)c1nccn1C. The maximum Gasteiger partial charge on any atom is 0.325 e. The fourth-order valence-corrected chi connectivity index (χ4v) is 3.81. The molecule has 7 heteroatoms. The molecule has 2 heterocycles. The van der Waals surface area contributed by atoms with Gasteiger partial charge in [-0.3, -0.25) is 9.69 Å². The first-order valence-corrected chi connectivity index (χ1v) is 8.88. The van der Waals surface area contributed by atoms with Gasteiger partial charge in [0.05, 0.1) is 6.04 Å². The van der Waals surface area contributed by atoms with Crippen molar-refractivity contribution in [3.63, 3.8) is 0 Å². The lowest BCUT2D eigenvalue weighted by Crippen LogP contribution is -2.48. The normalized spacial score (nSPS) is 21.3. The third kappa shape index (κ3) is 3.17. The van der Waals surface area contributed by atoms with Gasteiger partial charge in [-0.15, -0.1) is 0 Å². The van der Waals surface area contributed by atoms with Crippen LogP contribution in [0.4, 0.5) is 4.79 Å². The molecule has 1 spiro atoms. The molecule has 1 aliphatic heterocycles. The number of hydrogen-bond donors (Lipinski definition) is 2. The number of carbonyl (C=O) groups excluding carboxylic acids is 2. The molecular formula is C17H27N5O2. The standard InChI is InChI=1S/C17H27N5O2/c1-13(14-19-10-12-21(14)2)18-9-6-11-22-15(23)17(20-16(22)24)7-4-3-5-8-17/h10,12-13,18H,3-9,11H2,1-2H3,(H,20,24). The summed E-state index contributed by atoms with van der Waals surface area (Å²) in [5.41, 5.74) is -0.608. The zero-order chi connectivity index (χ0) is 17.2. The highest BCUT2D eigenvalue weighted by Crippen LogP contribution is 2.33. The van der Waals surface area contributed by atoms with E-state index in [0.717, 1.165) is 50.9 Å². The number of imidazole rings is 1. The van der Waals surface area contributed by atoms with Gasteiger partial charge in [0, 0.05) is 26.0 Å². The van der Waals surface area contributed by atoms with Gasteiger partial charge < -0.3 is 15.2 Å². The van der Waals surface area contributed by atoms with E-state index in [4.69, 9.17) is 0 Å². The lowest BCUT2D eigenvalue weighted by Gasteiger charge is -2.30. The van der Waals surface area contributed by atoms with Crippen molar-refractivity contribution in [1.29, 1.82) is 0 Å². The predicted octanol–water partition coefficient (Wildman–Crippen LogP) is 1.72. The highest BCUT2D eigenvalue weighted by atomic mass is 16.2. The van der Waals surface area contributed by atoms with Crippen LogP contribution in [0.3, 0.4) is 0 Å². The molecule has 7 nitrogen and oxygen atoms in total. The third-order valence-electron chi connectivity index (χ3n) is 5.21. The number of aromatic nitrogens is 2. The molecule has 2 aliphatic rings. The zero-order valence-electron chi connectivity index (χ0n) is 14.5. The van der Waals surface area contributed by atoms with Crippen molar-refractivity contribution in [3.8, 4) is 0 Å². The van der Waals surface area contributed by atoms with Crippen LogP contribution in [0.1, 0.15) is 57.3 Å². The molecule has 24 heavy (non-hydrogen) atoms. The van der Waals surface area contributed by atoms with Gasteiger partial charge >= 0.3 is 6.03 Å².